The summed E-state index contributed by atoms with van der Waals surface area (Å²) in [4.78, 5) is 14.8. The van der Waals surface area contributed by atoms with E-state index in [4.69, 9.17) is 0 Å². The highest BCUT2D eigenvalue weighted by atomic mass is 32.2. The van der Waals surface area contributed by atoms with Crippen molar-refractivity contribution in [3.05, 3.63) is 64.7 Å². The van der Waals surface area contributed by atoms with Crippen LogP contribution in [0.2, 0.25) is 0 Å². The van der Waals surface area contributed by atoms with E-state index >= 15 is 0 Å². The van der Waals surface area contributed by atoms with Gasteiger partial charge in [0, 0.05) is 5.56 Å². The topological polar surface area (TPSA) is 75.3 Å². The number of carbonyl (C=O) groups excluding carboxylic acids is 1. The lowest BCUT2D eigenvalue weighted by Gasteiger charge is -2.23. The van der Waals surface area contributed by atoms with E-state index in [0.717, 1.165) is 16.7 Å². The maximum Gasteiger partial charge on any atom is 0.266 e. The van der Waals surface area contributed by atoms with Gasteiger partial charge in [0.15, 0.2) is 0 Å². The van der Waals surface area contributed by atoms with Gasteiger partial charge in [-0.05, 0) is 46.6 Å². The molecule has 0 spiro atoms. The van der Waals surface area contributed by atoms with Crippen LogP contribution in [0.4, 0.5) is 0 Å². The van der Waals surface area contributed by atoms with Crippen LogP contribution in [0, 0.1) is 0 Å². The van der Waals surface area contributed by atoms with Crippen LogP contribution in [0.25, 0.3) is 0 Å². The zero-order valence-electron chi connectivity index (χ0n) is 17.4. The molecule has 0 saturated heterocycles. The van der Waals surface area contributed by atoms with Crippen LogP contribution in [0.3, 0.4) is 0 Å². The number of carbonyl (C=O) groups is 1. The van der Waals surface area contributed by atoms with Crippen molar-refractivity contribution < 1.29 is 13.2 Å². The van der Waals surface area contributed by atoms with Crippen LogP contribution in [-0.4, -0.2) is 14.3 Å². The lowest BCUT2D eigenvalue weighted by molar-refractivity contribution is 0.0945. The summed E-state index contributed by atoms with van der Waals surface area (Å²) in [5.74, 6) is -0.169. The molecule has 1 amide bonds. The molecule has 2 rings (SSSR count). The molecule has 0 aliphatic rings. The zero-order valence-corrected chi connectivity index (χ0v) is 18.2. The van der Waals surface area contributed by atoms with E-state index in [0.29, 0.717) is 5.56 Å². The molecule has 152 valence electrons. The largest absolute Gasteiger partial charge is 0.273 e. The Labute approximate surface area is 168 Å². The molecule has 0 aliphatic carbocycles. The normalized spacial score (nSPS) is 12.0. The SMILES string of the molecule is CC(C)c1cc(C(C)C)c(S(=O)(=O)NNC(=O)c2ccccc2)c(C(C)C)c1. The van der Waals surface area contributed by atoms with Crippen molar-refractivity contribution in [3.8, 4) is 0 Å². The highest BCUT2D eigenvalue weighted by Gasteiger charge is 2.27. The molecule has 0 aromatic heterocycles. The van der Waals surface area contributed by atoms with Crippen LogP contribution in [0.15, 0.2) is 47.4 Å². The molecule has 0 fully saturated rings. The second-order valence-electron chi connectivity index (χ2n) is 7.92. The molecule has 5 nitrogen and oxygen atoms in total. The van der Waals surface area contributed by atoms with Crippen molar-refractivity contribution >= 4 is 15.9 Å². The predicted molar refractivity (Wildman–Crippen MR) is 113 cm³/mol. The molecular formula is C22H30N2O3S. The third kappa shape index (κ3) is 5.00. The lowest BCUT2D eigenvalue weighted by atomic mass is 9.89. The summed E-state index contributed by atoms with van der Waals surface area (Å²) in [6, 6.07) is 12.4. The van der Waals surface area contributed by atoms with Gasteiger partial charge in [0.25, 0.3) is 15.9 Å². The summed E-state index contributed by atoms with van der Waals surface area (Å²) in [5.41, 5.74) is 5.35. The minimum Gasteiger partial charge on any atom is -0.273 e. The lowest BCUT2D eigenvalue weighted by Crippen LogP contribution is -2.42. The minimum atomic E-state index is -3.94. The van der Waals surface area contributed by atoms with Crippen molar-refractivity contribution in [3.63, 3.8) is 0 Å². The molecule has 6 heteroatoms. The first-order valence-electron chi connectivity index (χ1n) is 9.59. The smallest absolute Gasteiger partial charge is 0.266 e. The Morgan fingerprint density at radius 1 is 0.821 bits per heavy atom. The molecule has 28 heavy (non-hydrogen) atoms. The number of benzene rings is 2. The van der Waals surface area contributed by atoms with Crippen LogP contribution in [-0.2, 0) is 10.0 Å². The maximum absolute atomic E-state index is 13.2. The second-order valence-corrected chi connectivity index (χ2v) is 9.54. The Morgan fingerprint density at radius 3 is 1.75 bits per heavy atom. The highest BCUT2D eigenvalue weighted by Crippen LogP contribution is 2.34. The van der Waals surface area contributed by atoms with Gasteiger partial charge in [-0.1, -0.05) is 71.9 Å². The monoisotopic (exact) mass is 402 g/mol. The van der Waals surface area contributed by atoms with Gasteiger partial charge in [0.1, 0.15) is 0 Å². The summed E-state index contributed by atoms with van der Waals surface area (Å²) >= 11 is 0. The Kier molecular flexibility index (Phi) is 7.01. The van der Waals surface area contributed by atoms with E-state index in [1.165, 1.54) is 0 Å². The zero-order chi connectivity index (χ0) is 21.1. The fourth-order valence-electron chi connectivity index (χ4n) is 3.03. The van der Waals surface area contributed by atoms with E-state index < -0.39 is 15.9 Å². The summed E-state index contributed by atoms with van der Waals surface area (Å²) in [7, 11) is -3.94. The van der Waals surface area contributed by atoms with Crippen LogP contribution < -0.4 is 10.3 Å². The average Bonchev–Trinajstić information content (AvgIpc) is 2.65. The third-order valence-electron chi connectivity index (χ3n) is 4.68. The first kappa shape index (κ1) is 22.1. The quantitative estimate of drug-likeness (QED) is 0.660. The van der Waals surface area contributed by atoms with Crippen molar-refractivity contribution in [1.29, 1.82) is 0 Å². The number of sulfonamides is 1. The number of hydrogen-bond acceptors (Lipinski definition) is 3. The van der Waals surface area contributed by atoms with Crippen LogP contribution in [0.5, 0.6) is 0 Å². The van der Waals surface area contributed by atoms with Gasteiger partial charge in [-0.25, -0.2) is 8.42 Å². The van der Waals surface area contributed by atoms with Crippen molar-refractivity contribution in [1.82, 2.24) is 10.3 Å². The number of hydrogen-bond donors (Lipinski definition) is 2. The van der Waals surface area contributed by atoms with Crippen molar-refractivity contribution in [2.75, 3.05) is 0 Å². The molecule has 0 radical (unpaired) electrons. The van der Waals surface area contributed by atoms with Crippen LogP contribution >= 0.6 is 0 Å². The first-order valence-corrected chi connectivity index (χ1v) is 11.1. The molecule has 0 atom stereocenters. The number of nitrogens with one attached hydrogen (secondary N) is 2. The van der Waals surface area contributed by atoms with E-state index in [1.54, 1.807) is 30.3 Å². The summed E-state index contributed by atoms with van der Waals surface area (Å²) in [5, 5.41) is 0. The fourth-order valence-corrected chi connectivity index (χ4v) is 4.57. The molecule has 0 saturated carbocycles. The standard InChI is InChI=1S/C22H30N2O3S/c1-14(2)18-12-19(15(3)4)21(20(13-18)16(5)6)28(26,27)24-23-22(25)17-10-8-7-9-11-17/h7-16,24H,1-6H3,(H,23,25). The Balaban J connectivity index is 2.47. The van der Waals surface area contributed by atoms with Gasteiger partial charge < -0.3 is 0 Å². The molecule has 0 aliphatic heterocycles. The minimum absolute atomic E-state index is 0.0209. The summed E-state index contributed by atoms with van der Waals surface area (Å²) in [6.45, 7) is 12.1. The van der Waals surface area contributed by atoms with E-state index in [1.807, 2.05) is 39.8 Å². The van der Waals surface area contributed by atoms with Crippen molar-refractivity contribution in [2.24, 2.45) is 0 Å². The molecular weight excluding hydrogens is 372 g/mol. The van der Waals surface area contributed by atoms with Gasteiger partial charge in [-0.2, -0.15) is 0 Å². The molecule has 2 aromatic carbocycles. The third-order valence-corrected chi connectivity index (χ3v) is 6.06. The molecule has 2 aromatic rings. The summed E-state index contributed by atoms with van der Waals surface area (Å²) < 4.78 is 26.3. The Morgan fingerprint density at radius 2 is 1.32 bits per heavy atom. The summed E-state index contributed by atoms with van der Waals surface area (Å²) in [6.07, 6.45) is 0. The van der Waals surface area contributed by atoms with E-state index in [9.17, 15) is 13.2 Å². The van der Waals surface area contributed by atoms with Crippen molar-refractivity contribution in [2.45, 2.75) is 64.2 Å². The maximum atomic E-state index is 13.2. The molecule has 2 N–H and O–H groups in total. The number of hydrazine groups is 1. The Bertz CT molecular complexity index is 905. The molecule has 0 bridgehead atoms. The number of amides is 1. The van der Waals surface area contributed by atoms with Gasteiger partial charge >= 0.3 is 0 Å². The second kappa shape index (κ2) is 8.88. The predicted octanol–water partition coefficient (Wildman–Crippen LogP) is 4.68. The van der Waals surface area contributed by atoms with Gasteiger partial charge in [0.2, 0.25) is 0 Å². The van der Waals surface area contributed by atoms with E-state index in [2.05, 4.69) is 24.1 Å². The van der Waals surface area contributed by atoms with Gasteiger partial charge in [-0.15, -0.1) is 4.83 Å². The van der Waals surface area contributed by atoms with Gasteiger partial charge in [-0.3, -0.25) is 10.2 Å². The number of rotatable bonds is 7. The Hall–Kier alpha value is -2.18. The van der Waals surface area contributed by atoms with Gasteiger partial charge in [0.05, 0.1) is 4.90 Å². The molecule has 0 unspecified atom stereocenters. The highest BCUT2D eigenvalue weighted by molar-refractivity contribution is 7.89. The first-order chi connectivity index (χ1) is 13.0. The van der Waals surface area contributed by atoms with Crippen LogP contribution in [0.1, 0.15) is 86.3 Å². The van der Waals surface area contributed by atoms with E-state index in [-0.39, 0.29) is 22.6 Å². The average molecular weight is 403 g/mol. The fraction of sp³-hybridized carbons (Fsp3) is 0.409. The molecule has 0 heterocycles.